The fraction of sp³-hybridized carbons (Fsp3) is 0.182. The largest absolute Gasteiger partial charge is 0.340 e. The van der Waals surface area contributed by atoms with Crippen LogP contribution in [-0.2, 0) is 7.05 Å². The lowest BCUT2D eigenvalue weighted by Crippen LogP contribution is -2.08. The van der Waals surface area contributed by atoms with E-state index in [1.165, 1.54) is 17.7 Å². The van der Waals surface area contributed by atoms with Crippen molar-refractivity contribution in [2.75, 3.05) is 0 Å². The van der Waals surface area contributed by atoms with Crippen molar-refractivity contribution in [2.45, 2.75) is 6.42 Å². The second-order valence-corrected chi connectivity index (χ2v) is 5.13. The van der Waals surface area contributed by atoms with Gasteiger partial charge in [-0.2, -0.15) is 0 Å². The molecule has 0 amide bonds. The van der Waals surface area contributed by atoms with Crippen molar-refractivity contribution in [1.82, 2.24) is 9.55 Å². The van der Waals surface area contributed by atoms with Gasteiger partial charge in [0.15, 0.2) is 11.6 Å². The number of imidazole rings is 1. The summed E-state index contributed by atoms with van der Waals surface area (Å²) in [6.07, 6.45) is 2.94. The van der Waals surface area contributed by atoms with Crippen molar-refractivity contribution < 1.29 is 9.59 Å². The molecule has 0 aliphatic heterocycles. The standard InChI is InChI=1S/C11H9ClN2O2S/c1-14-4-8(13-6-14)10(16)3-9(15)7-2-11(12)17-5-7/h2,4-6H,3H2,1H3. The summed E-state index contributed by atoms with van der Waals surface area (Å²) in [5.74, 6) is -0.512. The lowest BCUT2D eigenvalue weighted by Gasteiger charge is -1.95. The summed E-state index contributed by atoms with van der Waals surface area (Å²) in [7, 11) is 1.77. The molecule has 0 saturated heterocycles. The summed E-state index contributed by atoms with van der Waals surface area (Å²) >= 11 is 7.00. The maximum absolute atomic E-state index is 11.7. The average Bonchev–Trinajstić information content (AvgIpc) is 2.87. The van der Waals surface area contributed by atoms with Crippen molar-refractivity contribution >= 4 is 34.5 Å². The summed E-state index contributed by atoms with van der Waals surface area (Å²) in [5, 5.41) is 1.65. The van der Waals surface area contributed by atoms with E-state index in [0.717, 1.165) is 0 Å². The molecule has 2 heterocycles. The molecule has 6 heteroatoms. The van der Waals surface area contributed by atoms with Crippen LogP contribution in [0.15, 0.2) is 24.0 Å². The molecule has 0 aromatic carbocycles. The topological polar surface area (TPSA) is 52.0 Å². The van der Waals surface area contributed by atoms with Gasteiger partial charge in [-0.25, -0.2) is 4.98 Å². The number of hydrogen-bond acceptors (Lipinski definition) is 4. The van der Waals surface area contributed by atoms with E-state index in [2.05, 4.69) is 4.98 Å². The minimum Gasteiger partial charge on any atom is -0.340 e. The number of rotatable bonds is 4. The smallest absolute Gasteiger partial charge is 0.190 e. The molecule has 17 heavy (non-hydrogen) atoms. The van der Waals surface area contributed by atoms with Crippen LogP contribution in [0.5, 0.6) is 0 Å². The number of carbonyl (C=O) groups is 2. The van der Waals surface area contributed by atoms with E-state index in [0.29, 0.717) is 15.6 Å². The first-order valence-corrected chi connectivity index (χ1v) is 6.10. The number of aryl methyl sites for hydroxylation is 1. The van der Waals surface area contributed by atoms with Crippen LogP contribution in [0.1, 0.15) is 27.3 Å². The van der Waals surface area contributed by atoms with Gasteiger partial charge in [0.05, 0.1) is 17.1 Å². The van der Waals surface area contributed by atoms with E-state index in [9.17, 15) is 9.59 Å². The highest BCUT2D eigenvalue weighted by Crippen LogP contribution is 2.21. The molecule has 0 bridgehead atoms. The van der Waals surface area contributed by atoms with Crippen molar-refractivity contribution in [2.24, 2.45) is 7.05 Å². The molecule has 2 aromatic rings. The number of halogens is 1. The zero-order chi connectivity index (χ0) is 12.4. The monoisotopic (exact) mass is 268 g/mol. The summed E-state index contributed by atoms with van der Waals surface area (Å²) in [6, 6.07) is 1.57. The van der Waals surface area contributed by atoms with Crippen LogP contribution in [-0.4, -0.2) is 21.1 Å². The molecule has 0 aliphatic carbocycles. The highest BCUT2D eigenvalue weighted by molar-refractivity contribution is 7.14. The molecule has 0 spiro atoms. The van der Waals surface area contributed by atoms with Gasteiger partial charge in [-0.3, -0.25) is 9.59 Å². The molecular formula is C11H9ClN2O2S. The maximum Gasteiger partial charge on any atom is 0.190 e. The predicted molar refractivity (Wildman–Crippen MR) is 65.8 cm³/mol. The van der Waals surface area contributed by atoms with Gasteiger partial charge in [0, 0.05) is 24.2 Å². The van der Waals surface area contributed by atoms with Gasteiger partial charge in [0.1, 0.15) is 5.69 Å². The Morgan fingerprint density at radius 2 is 2.24 bits per heavy atom. The van der Waals surface area contributed by atoms with Crippen molar-refractivity contribution in [1.29, 1.82) is 0 Å². The zero-order valence-corrected chi connectivity index (χ0v) is 10.6. The maximum atomic E-state index is 11.7. The lowest BCUT2D eigenvalue weighted by molar-refractivity contribution is 0.0892. The molecule has 0 fully saturated rings. The molecule has 0 N–H and O–H groups in total. The van der Waals surface area contributed by atoms with Gasteiger partial charge in [-0.1, -0.05) is 11.6 Å². The zero-order valence-electron chi connectivity index (χ0n) is 9.01. The normalized spacial score (nSPS) is 10.5. The van der Waals surface area contributed by atoms with Crippen molar-refractivity contribution in [3.63, 3.8) is 0 Å². The lowest BCUT2D eigenvalue weighted by atomic mass is 10.1. The van der Waals surface area contributed by atoms with Gasteiger partial charge >= 0.3 is 0 Å². The molecular weight excluding hydrogens is 260 g/mol. The highest BCUT2D eigenvalue weighted by atomic mass is 35.5. The second-order valence-electron chi connectivity index (χ2n) is 3.59. The van der Waals surface area contributed by atoms with E-state index in [1.807, 2.05) is 0 Å². The minimum absolute atomic E-state index is 0.177. The number of hydrogen-bond donors (Lipinski definition) is 0. The Hall–Kier alpha value is -1.46. The Bertz CT molecular complexity index is 523. The third-order valence-electron chi connectivity index (χ3n) is 2.20. The van der Waals surface area contributed by atoms with Crippen LogP contribution in [0.2, 0.25) is 4.34 Å². The SMILES string of the molecule is Cn1cnc(C(=O)CC(=O)c2csc(Cl)c2)c1. The molecule has 2 aromatic heterocycles. The first-order valence-electron chi connectivity index (χ1n) is 4.84. The van der Waals surface area contributed by atoms with Crippen molar-refractivity contribution in [3.8, 4) is 0 Å². The first-order chi connectivity index (χ1) is 8.06. The third kappa shape index (κ3) is 2.81. The summed E-state index contributed by atoms with van der Waals surface area (Å²) in [4.78, 5) is 27.4. The van der Waals surface area contributed by atoms with Gasteiger partial charge in [-0.15, -0.1) is 11.3 Å². The number of nitrogens with zero attached hydrogens (tertiary/aromatic N) is 2. The second kappa shape index (κ2) is 4.81. The molecule has 2 rings (SSSR count). The molecule has 0 unspecified atom stereocenters. The van der Waals surface area contributed by atoms with Crippen LogP contribution < -0.4 is 0 Å². The van der Waals surface area contributed by atoms with Gasteiger partial charge in [0.2, 0.25) is 0 Å². The van der Waals surface area contributed by atoms with Gasteiger partial charge < -0.3 is 4.57 Å². The molecule has 88 valence electrons. The Balaban J connectivity index is 2.07. The number of carbonyl (C=O) groups excluding carboxylic acids is 2. The number of aromatic nitrogens is 2. The van der Waals surface area contributed by atoms with Gasteiger partial charge in [-0.05, 0) is 6.07 Å². The van der Waals surface area contributed by atoms with Crippen LogP contribution in [0.4, 0.5) is 0 Å². The summed E-state index contributed by atoms with van der Waals surface area (Å²) in [6.45, 7) is 0. The Labute approximate surface area is 107 Å². The first kappa shape index (κ1) is 12.0. The molecule has 0 atom stereocenters. The number of Topliss-reactive ketones (excluding diaryl/α,β-unsaturated/α-hetero) is 2. The Morgan fingerprint density at radius 3 is 2.76 bits per heavy atom. The third-order valence-corrected chi connectivity index (χ3v) is 3.29. The van der Waals surface area contributed by atoms with E-state index in [-0.39, 0.29) is 18.0 Å². The predicted octanol–water partition coefficient (Wildman–Crippen LogP) is 2.59. The number of thiophene rings is 1. The molecule has 0 saturated carbocycles. The Kier molecular flexibility index (Phi) is 3.40. The summed E-state index contributed by atoms with van der Waals surface area (Å²) < 4.78 is 2.21. The highest BCUT2D eigenvalue weighted by Gasteiger charge is 2.16. The van der Waals surface area contributed by atoms with Crippen LogP contribution in [0, 0.1) is 0 Å². The number of ketones is 2. The molecule has 0 aliphatic rings. The quantitative estimate of drug-likeness (QED) is 0.633. The van der Waals surface area contributed by atoms with E-state index in [4.69, 9.17) is 11.6 Å². The van der Waals surface area contributed by atoms with Crippen molar-refractivity contribution in [3.05, 3.63) is 39.6 Å². The fourth-order valence-corrected chi connectivity index (χ4v) is 2.24. The summed E-state index contributed by atoms with van der Waals surface area (Å²) in [5.41, 5.74) is 0.784. The van der Waals surface area contributed by atoms with Crippen LogP contribution in [0.3, 0.4) is 0 Å². The fourth-order valence-electron chi connectivity index (χ4n) is 1.35. The molecule has 4 nitrogen and oxygen atoms in total. The van der Waals surface area contributed by atoms with E-state index < -0.39 is 0 Å². The van der Waals surface area contributed by atoms with E-state index >= 15 is 0 Å². The molecule has 0 radical (unpaired) electrons. The minimum atomic E-state index is -0.280. The average molecular weight is 269 g/mol. The Morgan fingerprint density at radius 1 is 1.47 bits per heavy atom. The van der Waals surface area contributed by atoms with Crippen LogP contribution in [0.25, 0.3) is 0 Å². The van der Waals surface area contributed by atoms with Crippen LogP contribution >= 0.6 is 22.9 Å². The van der Waals surface area contributed by atoms with Gasteiger partial charge in [0.25, 0.3) is 0 Å². The van der Waals surface area contributed by atoms with E-state index in [1.54, 1.807) is 29.3 Å².